The molecule has 2 N–H and O–H groups in total. The van der Waals surface area contributed by atoms with Crippen molar-refractivity contribution < 1.29 is 5.11 Å². The van der Waals surface area contributed by atoms with Crippen molar-refractivity contribution in [2.45, 2.75) is 51.1 Å². The standard InChI is InChI=1S/C28H42N4O/c1-21(2)23-5-11-26(12-6-23)32-14-13-29-27(28(32)20-33)19-22(3)24-7-9-25(10-8-24)31-17-15-30(4)16-18-31/h5-12,21-22,27-29,33H,13-20H2,1-4H3. The highest BCUT2D eigenvalue weighted by Gasteiger charge is 2.32. The Labute approximate surface area is 200 Å². The Balaban J connectivity index is 1.40. The third-order valence-corrected chi connectivity index (χ3v) is 7.64. The van der Waals surface area contributed by atoms with Gasteiger partial charge < -0.3 is 25.1 Å². The van der Waals surface area contributed by atoms with Crippen LogP contribution in [0.4, 0.5) is 11.4 Å². The minimum absolute atomic E-state index is 0.0933. The Hall–Kier alpha value is -2.08. The van der Waals surface area contributed by atoms with Gasteiger partial charge in [0.15, 0.2) is 0 Å². The van der Waals surface area contributed by atoms with Crippen LogP contribution in [0, 0.1) is 0 Å². The molecular weight excluding hydrogens is 408 g/mol. The third kappa shape index (κ3) is 5.71. The zero-order chi connectivity index (χ0) is 23.4. The van der Waals surface area contributed by atoms with E-state index in [-0.39, 0.29) is 18.7 Å². The van der Waals surface area contributed by atoms with E-state index in [1.165, 1.54) is 22.5 Å². The van der Waals surface area contributed by atoms with E-state index in [0.717, 1.165) is 45.7 Å². The number of benzene rings is 2. The molecule has 4 rings (SSSR count). The third-order valence-electron chi connectivity index (χ3n) is 7.64. The lowest BCUT2D eigenvalue weighted by Crippen LogP contribution is -2.60. The molecule has 3 atom stereocenters. The number of nitrogens with zero attached hydrogens (tertiary/aromatic N) is 3. The molecule has 2 heterocycles. The molecule has 2 aromatic rings. The Morgan fingerprint density at radius 2 is 1.45 bits per heavy atom. The van der Waals surface area contributed by atoms with Crippen molar-refractivity contribution in [1.29, 1.82) is 0 Å². The number of hydrogen-bond acceptors (Lipinski definition) is 5. The van der Waals surface area contributed by atoms with E-state index in [4.69, 9.17) is 0 Å². The van der Waals surface area contributed by atoms with Gasteiger partial charge >= 0.3 is 0 Å². The summed E-state index contributed by atoms with van der Waals surface area (Å²) in [6, 6.07) is 18.5. The SMILES string of the molecule is CC(C)c1ccc(N2CCNC(CC(C)c3ccc(N4CCN(C)CC4)cc3)C2CO)cc1. The summed E-state index contributed by atoms with van der Waals surface area (Å²) in [5.41, 5.74) is 5.29. The van der Waals surface area contributed by atoms with Crippen molar-refractivity contribution >= 4 is 11.4 Å². The van der Waals surface area contributed by atoms with E-state index in [9.17, 15) is 5.11 Å². The minimum Gasteiger partial charge on any atom is -0.394 e. The summed E-state index contributed by atoms with van der Waals surface area (Å²) in [7, 11) is 2.20. The topological polar surface area (TPSA) is 42.0 Å². The summed E-state index contributed by atoms with van der Waals surface area (Å²) >= 11 is 0. The number of nitrogens with one attached hydrogen (secondary N) is 1. The first-order valence-electron chi connectivity index (χ1n) is 12.7. The fourth-order valence-corrected chi connectivity index (χ4v) is 5.32. The molecule has 0 saturated carbocycles. The van der Waals surface area contributed by atoms with Gasteiger partial charge in [0.05, 0.1) is 12.6 Å². The quantitative estimate of drug-likeness (QED) is 0.670. The predicted octanol–water partition coefficient (Wildman–Crippen LogP) is 3.89. The number of anilines is 2. The van der Waals surface area contributed by atoms with Crippen molar-refractivity contribution in [3.05, 3.63) is 59.7 Å². The molecule has 3 unspecified atom stereocenters. The molecule has 0 radical (unpaired) electrons. The Morgan fingerprint density at radius 1 is 0.848 bits per heavy atom. The van der Waals surface area contributed by atoms with Crippen LogP contribution in [0.1, 0.15) is 50.2 Å². The van der Waals surface area contributed by atoms with E-state index < -0.39 is 0 Å². The maximum absolute atomic E-state index is 10.3. The molecule has 2 saturated heterocycles. The molecule has 5 nitrogen and oxygen atoms in total. The maximum Gasteiger partial charge on any atom is 0.0674 e. The van der Waals surface area contributed by atoms with Crippen LogP contribution in [0.2, 0.25) is 0 Å². The van der Waals surface area contributed by atoms with Crippen LogP contribution in [0.5, 0.6) is 0 Å². The molecule has 180 valence electrons. The molecule has 0 aliphatic carbocycles. The second-order valence-corrected chi connectivity index (χ2v) is 10.3. The van der Waals surface area contributed by atoms with E-state index in [0.29, 0.717) is 11.8 Å². The van der Waals surface area contributed by atoms with Gasteiger partial charge in [0, 0.05) is 56.7 Å². The molecule has 5 heteroatoms. The molecule has 0 spiro atoms. The first-order chi connectivity index (χ1) is 16.0. The van der Waals surface area contributed by atoms with Gasteiger partial charge in [-0.25, -0.2) is 0 Å². The smallest absolute Gasteiger partial charge is 0.0674 e. The molecule has 0 bridgehead atoms. The van der Waals surface area contributed by atoms with E-state index in [2.05, 4.69) is 96.4 Å². The number of piperazine rings is 2. The number of likely N-dealkylation sites (N-methyl/N-ethyl adjacent to an activating group) is 1. The summed E-state index contributed by atoms with van der Waals surface area (Å²) in [6.07, 6.45) is 1.01. The van der Waals surface area contributed by atoms with E-state index >= 15 is 0 Å². The predicted molar refractivity (Wildman–Crippen MR) is 140 cm³/mol. The van der Waals surface area contributed by atoms with Crippen LogP contribution in [0.3, 0.4) is 0 Å². The molecule has 2 fully saturated rings. The van der Waals surface area contributed by atoms with Crippen LogP contribution < -0.4 is 15.1 Å². The average molecular weight is 451 g/mol. The lowest BCUT2D eigenvalue weighted by molar-refractivity contribution is 0.206. The maximum atomic E-state index is 10.3. The van der Waals surface area contributed by atoms with Crippen LogP contribution >= 0.6 is 0 Å². The number of rotatable bonds is 7. The van der Waals surface area contributed by atoms with Crippen LogP contribution in [-0.2, 0) is 0 Å². The monoisotopic (exact) mass is 450 g/mol. The highest BCUT2D eigenvalue weighted by Crippen LogP contribution is 2.29. The van der Waals surface area contributed by atoms with Crippen molar-refractivity contribution in [2.24, 2.45) is 0 Å². The summed E-state index contributed by atoms with van der Waals surface area (Å²) in [4.78, 5) is 7.28. The minimum atomic E-state index is 0.0933. The van der Waals surface area contributed by atoms with Crippen molar-refractivity contribution in [1.82, 2.24) is 10.2 Å². The van der Waals surface area contributed by atoms with Crippen LogP contribution in [0.15, 0.2) is 48.5 Å². The number of aliphatic hydroxyl groups is 1. The first-order valence-corrected chi connectivity index (χ1v) is 12.7. The van der Waals surface area contributed by atoms with Crippen LogP contribution in [-0.4, -0.2) is 75.0 Å². The fraction of sp³-hybridized carbons (Fsp3) is 0.571. The Kier molecular flexibility index (Phi) is 7.94. The lowest BCUT2D eigenvalue weighted by Gasteiger charge is -2.43. The van der Waals surface area contributed by atoms with Crippen molar-refractivity contribution in [2.75, 3.05) is 62.7 Å². The van der Waals surface area contributed by atoms with Crippen molar-refractivity contribution in [3.63, 3.8) is 0 Å². The fourth-order valence-electron chi connectivity index (χ4n) is 5.32. The zero-order valence-electron chi connectivity index (χ0n) is 20.9. The van der Waals surface area contributed by atoms with Gasteiger partial charge in [-0.15, -0.1) is 0 Å². The van der Waals surface area contributed by atoms with Gasteiger partial charge in [-0.3, -0.25) is 0 Å². The second kappa shape index (κ2) is 10.9. The normalized spacial score (nSPS) is 23.2. The summed E-state index contributed by atoms with van der Waals surface area (Å²) in [5.74, 6) is 0.966. The largest absolute Gasteiger partial charge is 0.394 e. The first kappa shape index (κ1) is 24.1. The molecular formula is C28H42N4O. The van der Waals surface area contributed by atoms with Crippen LogP contribution in [0.25, 0.3) is 0 Å². The number of hydrogen-bond donors (Lipinski definition) is 2. The van der Waals surface area contributed by atoms with Gasteiger partial charge in [0.25, 0.3) is 0 Å². The van der Waals surface area contributed by atoms with Crippen molar-refractivity contribution in [3.8, 4) is 0 Å². The molecule has 33 heavy (non-hydrogen) atoms. The zero-order valence-corrected chi connectivity index (χ0v) is 20.9. The van der Waals surface area contributed by atoms with E-state index in [1.807, 2.05) is 0 Å². The van der Waals surface area contributed by atoms with Gasteiger partial charge in [-0.2, -0.15) is 0 Å². The van der Waals surface area contributed by atoms with Gasteiger partial charge in [0.2, 0.25) is 0 Å². The van der Waals surface area contributed by atoms with E-state index in [1.54, 1.807) is 0 Å². The highest BCUT2D eigenvalue weighted by molar-refractivity contribution is 5.51. The number of aliphatic hydroxyl groups excluding tert-OH is 1. The highest BCUT2D eigenvalue weighted by atomic mass is 16.3. The molecule has 2 aliphatic rings. The average Bonchev–Trinajstić information content (AvgIpc) is 2.84. The Morgan fingerprint density at radius 3 is 2.06 bits per heavy atom. The summed E-state index contributed by atoms with van der Waals surface area (Å²) in [5, 5.41) is 14.0. The Bertz CT molecular complexity index is 858. The lowest BCUT2D eigenvalue weighted by atomic mass is 9.89. The summed E-state index contributed by atoms with van der Waals surface area (Å²) < 4.78 is 0. The summed E-state index contributed by atoms with van der Waals surface area (Å²) in [6.45, 7) is 13.3. The molecule has 2 aliphatic heterocycles. The van der Waals surface area contributed by atoms with Gasteiger partial charge in [0.1, 0.15) is 0 Å². The second-order valence-electron chi connectivity index (χ2n) is 10.3. The van der Waals surface area contributed by atoms with Gasteiger partial charge in [-0.05, 0) is 60.7 Å². The van der Waals surface area contributed by atoms with Gasteiger partial charge in [-0.1, -0.05) is 45.0 Å². The molecule has 0 amide bonds. The molecule has 2 aromatic carbocycles. The molecule has 0 aromatic heterocycles.